The largest absolute Gasteiger partial charge is 0.356 e. The number of carbonyl (C=O) groups excluding carboxylic acids is 2. The van der Waals surface area contributed by atoms with Crippen molar-refractivity contribution in [3.63, 3.8) is 0 Å². The van der Waals surface area contributed by atoms with Crippen LogP contribution in [-0.4, -0.2) is 18.2 Å². The van der Waals surface area contributed by atoms with Crippen molar-refractivity contribution in [2.24, 2.45) is 5.41 Å². The molecule has 0 aromatic carbocycles. The maximum Gasteiger partial charge on any atom is 0.225 e. The first-order valence-electron chi connectivity index (χ1n) is 7.18. The van der Waals surface area contributed by atoms with E-state index < -0.39 is 0 Å². The molecule has 0 saturated carbocycles. The predicted octanol–water partition coefficient (Wildman–Crippen LogP) is 3.47. The number of hydrogen-bond acceptors (Lipinski definition) is 2. The molecule has 0 aromatic rings. The van der Waals surface area contributed by atoms with Crippen molar-refractivity contribution in [3.8, 4) is 0 Å². The third-order valence-corrected chi connectivity index (χ3v) is 2.91. The summed E-state index contributed by atoms with van der Waals surface area (Å²) >= 11 is 0. The summed E-state index contributed by atoms with van der Waals surface area (Å²) in [6.45, 7) is 8.44. The summed E-state index contributed by atoms with van der Waals surface area (Å²) in [6.07, 6.45) is 6.64. The van der Waals surface area contributed by atoms with Gasteiger partial charge < -0.3 is 5.32 Å². The maximum absolute atomic E-state index is 11.6. The molecule has 0 fully saturated rings. The number of Topliss-reactive ketones (excluding diaryl/α,β-unsaturated/α-hetero) is 1. The molecule has 0 aliphatic rings. The predicted molar refractivity (Wildman–Crippen MR) is 75.5 cm³/mol. The van der Waals surface area contributed by atoms with Crippen molar-refractivity contribution < 1.29 is 9.59 Å². The number of hydrogen-bond donors (Lipinski definition) is 1. The molecule has 1 N–H and O–H groups in total. The Labute approximate surface area is 112 Å². The van der Waals surface area contributed by atoms with Crippen molar-refractivity contribution >= 4 is 11.7 Å². The van der Waals surface area contributed by atoms with E-state index in [1.165, 1.54) is 12.8 Å². The van der Waals surface area contributed by atoms with Crippen LogP contribution in [0.15, 0.2) is 0 Å². The zero-order valence-electron chi connectivity index (χ0n) is 12.5. The summed E-state index contributed by atoms with van der Waals surface area (Å²) in [7, 11) is 0. The molecule has 0 heterocycles. The maximum atomic E-state index is 11.6. The molecule has 0 radical (unpaired) electrons. The smallest absolute Gasteiger partial charge is 0.225 e. The van der Waals surface area contributed by atoms with Gasteiger partial charge in [0.2, 0.25) is 5.91 Å². The van der Waals surface area contributed by atoms with Crippen molar-refractivity contribution in [1.82, 2.24) is 5.32 Å². The van der Waals surface area contributed by atoms with Gasteiger partial charge in [0.15, 0.2) is 0 Å². The van der Waals surface area contributed by atoms with Crippen LogP contribution in [0, 0.1) is 5.41 Å². The molecule has 0 aliphatic carbocycles. The minimum Gasteiger partial charge on any atom is -0.356 e. The Balaban J connectivity index is 3.49. The second kappa shape index (κ2) is 9.12. The molecule has 0 bridgehead atoms. The highest BCUT2D eigenvalue weighted by atomic mass is 16.2. The van der Waals surface area contributed by atoms with E-state index in [0.29, 0.717) is 25.2 Å². The molecule has 0 unspecified atom stereocenters. The third-order valence-electron chi connectivity index (χ3n) is 2.91. The molecule has 18 heavy (non-hydrogen) atoms. The molecular weight excluding hydrogens is 226 g/mol. The van der Waals surface area contributed by atoms with E-state index in [9.17, 15) is 9.59 Å². The Hall–Kier alpha value is -0.860. The van der Waals surface area contributed by atoms with Gasteiger partial charge in [-0.1, -0.05) is 47.0 Å². The number of rotatable bonds is 9. The number of unbranched alkanes of at least 4 members (excludes halogenated alkanes) is 3. The van der Waals surface area contributed by atoms with Crippen LogP contribution in [0.2, 0.25) is 0 Å². The van der Waals surface area contributed by atoms with E-state index in [-0.39, 0.29) is 11.3 Å². The average molecular weight is 255 g/mol. The first-order chi connectivity index (χ1) is 8.38. The summed E-state index contributed by atoms with van der Waals surface area (Å²) in [5, 5.41) is 2.86. The Bertz CT molecular complexity index is 254. The molecular formula is C15H29NO2. The lowest BCUT2D eigenvalue weighted by molar-refractivity contribution is -0.128. The average Bonchev–Trinajstić information content (AvgIpc) is 2.28. The molecule has 0 atom stereocenters. The molecule has 0 rings (SSSR count). The van der Waals surface area contributed by atoms with Crippen LogP contribution < -0.4 is 5.32 Å². The molecule has 0 saturated heterocycles. The fourth-order valence-electron chi connectivity index (χ4n) is 1.63. The summed E-state index contributed by atoms with van der Waals surface area (Å²) in [5.74, 6) is 0.383. The van der Waals surface area contributed by atoms with Gasteiger partial charge in [0.05, 0.1) is 0 Å². The van der Waals surface area contributed by atoms with Gasteiger partial charge in [-0.3, -0.25) is 9.59 Å². The normalized spacial score (nSPS) is 11.3. The fraction of sp³-hybridized carbons (Fsp3) is 0.867. The van der Waals surface area contributed by atoms with Crippen molar-refractivity contribution in [2.75, 3.05) is 6.54 Å². The lowest BCUT2D eigenvalue weighted by atomic mass is 9.95. The molecule has 3 heteroatoms. The van der Waals surface area contributed by atoms with Crippen molar-refractivity contribution in [1.29, 1.82) is 0 Å². The zero-order chi connectivity index (χ0) is 14.0. The van der Waals surface area contributed by atoms with E-state index in [0.717, 1.165) is 19.3 Å². The Kier molecular flexibility index (Phi) is 8.69. The van der Waals surface area contributed by atoms with Gasteiger partial charge in [-0.25, -0.2) is 0 Å². The van der Waals surface area contributed by atoms with E-state index in [1.54, 1.807) is 0 Å². The molecule has 0 aliphatic heterocycles. The van der Waals surface area contributed by atoms with Gasteiger partial charge in [-0.2, -0.15) is 0 Å². The van der Waals surface area contributed by atoms with E-state index >= 15 is 0 Å². The second-order valence-corrected chi connectivity index (χ2v) is 5.96. The van der Waals surface area contributed by atoms with Crippen LogP contribution >= 0.6 is 0 Å². The topological polar surface area (TPSA) is 46.2 Å². The highest BCUT2D eigenvalue weighted by Crippen LogP contribution is 2.12. The number of carbonyl (C=O) groups is 2. The first kappa shape index (κ1) is 17.1. The van der Waals surface area contributed by atoms with E-state index in [2.05, 4.69) is 12.2 Å². The van der Waals surface area contributed by atoms with Crippen LogP contribution in [0.3, 0.4) is 0 Å². The number of nitrogens with one attached hydrogen (secondary N) is 1. The third kappa shape index (κ3) is 9.20. The Morgan fingerprint density at radius 3 is 2.11 bits per heavy atom. The summed E-state index contributed by atoms with van der Waals surface area (Å²) in [5.41, 5.74) is -0.343. The van der Waals surface area contributed by atoms with Crippen molar-refractivity contribution in [2.45, 2.75) is 72.6 Å². The van der Waals surface area contributed by atoms with Gasteiger partial charge in [-0.15, -0.1) is 0 Å². The molecule has 0 spiro atoms. The van der Waals surface area contributed by atoms with Gasteiger partial charge in [-0.05, 0) is 12.8 Å². The number of ketones is 1. The quantitative estimate of drug-likeness (QED) is 0.641. The molecule has 0 aromatic heterocycles. The van der Waals surface area contributed by atoms with E-state index in [1.807, 2.05) is 20.8 Å². The summed E-state index contributed by atoms with van der Waals surface area (Å²) in [6, 6.07) is 0. The van der Waals surface area contributed by atoms with Crippen molar-refractivity contribution in [3.05, 3.63) is 0 Å². The molecule has 1 amide bonds. The molecule has 106 valence electrons. The minimum absolute atomic E-state index is 0.0536. The zero-order valence-corrected chi connectivity index (χ0v) is 12.5. The minimum atomic E-state index is -0.343. The fourth-order valence-corrected chi connectivity index (χ4v) is 1.63. The Morgan fingerprint density at radius 2 is 1.56 bits per heavy atom. The Morgan fingerprint density at radius 1 is 0.944 bits per heavy atom. The van der Waals surface area contributed by atoms with Gasteiger partial charge in [0.1, 0.15) is 5.78 Å². The van der Waals surface area contributed by atoms with E-state index in [4.69, 9.17) is 0 Å². The standard InChI is InChI=1S/C15H29NO2/c1-5-6-7-8-10-13(17)11-9-12-16-14(18)15(2,3)4/h5-12H2,1-4H3,(H,16,18). The van der Waals surface area contributed by atoms with Crippen LogP contribution in [0.1, 0.15) is 72.6 Å². The van der Waals surface area contributed by atoms with Gasteiger partial charge >= 0.3 is 0 Å². The summed E-state index contributed by atoms with van der Waals surface area (Å²) < 4.78 is 0. The van der Waals surface area contributed by atoms with Gasteiger partial charge in [0.25, 0.3) is 0 Å². The monoisotopic (exact) mass is 255 g/mol. The lowest BCUT2D eigenvalue weighted by Gasteiger charge is -2.17. The van der Waals surface area contributed by atoms with Crippen LogP contribution in [-0.2, 0) is 9.59 Å². The van der Waals surface area contributed by atoms with Crippen LogP contribution in [0.5, 0.6) is 0 Å². The van der Waals surface area contributed by atoms with Crippen LogP contribution in [0.25, 0.3) is 0 Å². The highest BCUT2D eigenvalue weighted by molar-refractivity contribution is 5.81. The number of amides is 1. The molecule has 3 nitrogen and oxygen atoms in total. The summed E-state index contributed by atoms with van der Waals surface area (Å²) in [4.78, 5) is 23.1. The first-order valence-corrected chi connectivity index (χ1v) is 7.18. The SMILES string of the molecule is CCCCCCC(=O)CCCNC(=O)C(C)(C)C. The van der Waals surface area contributed by atoms with Gasteiger partial charge in [0, 0.05) is 24.8 Å². The lowest BCUT2D eigenvalue weighted by Crippen LogP contribution is -2.35. The highest BCUT2D eigenvalue weighted by Gasteiger charge is 2.20. The second-order valence-electron chi connectivity index (χ2n) is 5.96. The van der Waals surface area contributed by atoms with Crippen LogP contribution in [0.4, 0.5) is 0 Å².